The number of carbonyl (C=O) groups excluding carboxylic acids is 1. The van der Waals surface area contributed by atoms with Crippen molar-refractivity contribution in [3.8, 4) is 22.8 Å². The molecule has 0 unspecified atom stereocenters. The van der Waals surface area contributed by atoms with Gasteiger partial charge in [0.15, 0.2) is 5.82 Å². The molecule has 25 heavy (non-hydrogen) atoms. The normalized spacial score (nSPS) is 11.0. The Morgan fingerprint density at radius 1 is 1.16 bits per heavy atom. The van der Waals surface area contributed by atoms with Crippen molar-refractivity contribution in [2.24, 2.45) is 0 Å². The predicted octanol–water partition coefficient (Wildman–Crippen LogP) is 3.55. The van der Waals surface area contributed by atoms with Crippen LogP contribution in [0.15, 0.2) is 48.7 Å². The molecule has 2 aromatic carbocycles. The molecule has 2 heterocycles. The van der Waals surface area contributed by atoms with Crippen LogP contribution in [0, 0.1) is 5.82 Å². The summed E-state index contributed by atoms with van der Waals surface area (Å²) in [7, 11) is 1.34. The lowest BCUT2D eigenvalue weighted by molar-refractivity contribution is 0.0601. The molecular formula is C18H13FN4O2. The molecule has 6 nitrogen and oxygen atoms in total. The van der Waals surface area contributed by atoms with Crippen LogP contribution in [0.25, 0.3) is 33.7 Å². The van der Waals surface area contributed by atoms with Gasteiger partial charge in [0.25, 0.3) is 0 Å². The lowest BCUT2D eigenvalue weighted by atomic mass is 10.1. The first-order valence-electron chi connectivity index (χ1n) is 7.53. The summed E-state index contributed by atoms with van der Waals surface area (Å²) in [5.41, 5.74) is 3.37. The van der Waals surface area contributed by atoms with E-state index in [9.17, 15) is 9.18 Å². The van der Waals surface area contributed by atoms with E-state index in [1.54, 1.807) is 36.5 Å². The van der Waals surface area contributed by atoms with Gasteiger partial charge in [0.1, 0.15) is 11.5 Å². The summed E-state index contributed by atoms with van der Waals surface area (Å²) in [6.45, 7) is 0. The fourth-order valence-corrected chi connectivity index (χ4v) is 2.66. The van der Waals surface area contributed by atoms with E-state index >= 15 is 0 Å². The summed E-state index contributed by atoms with van der Waals surface area (Å²) in [6.07, 6.45) is 1.66. The third kappa shape index (κ3) is 2.65. The number of esters is 1. The molecule has 0 saturated carbocycles. The highest BCUT2D eigenvalue weighted by Crippen LogP contribution is 2.27. The Morgan fingerprint density at radius 3 is 2.72 bits per heavy atom. The molecule has 0 fully saturated rings. The van der Waals surface area contributed by atoms with Crippen molar-refractivity contribution in [3.05, 3.63) is 60.0 Å². The molecular weight excluding hydrogens is 323 g/mol. The van der Waals surface area contributed by atoms with Crippen LogP contribution in [0.3, 0.4) is 0 Å². The van der Waals surface area contributed by atoms with Crippen molar-refractivity contribution in [2.45, 2.75) is 0 Å². The van der Waals surface area contributed by atoms with Crippen LogP contribution in [0.4, 0.5) is 4.39 Å². The van der Waals surface area contributed by atoms with Crippen LogP contribution in [-0.2, 0) is 4.74 Å². The first-order valence-corrected chi connectivity index (χ1v) is 7.53. The van der Waals surface area contributed by atoms with E-state index in [0.29, 0.717) is 17.1 Å². The molecule has 0 bridgehead atoms. The molecule has 124 valence electrons. The average Bonchev–Trinajstić information content (AvgIpc) is 3.27. The number of carbonyl (C=O) groups is 1. The smallest absolute Gasteiger partial charge is 0.337 e. The molecule has 0 aliphatic carbocycles. The monoisotopic (exact) mass is 336 g/mol. The predicted molar refractivity (Wildman–Crippen MR) is 90.4 cm³/mol. The SMILES string of the molecule is COC(=O)c1ccc2[nH]nc(-c3ncc(-c4ccc(F)cc4)[nH]3)c2c1. The molecule has 4 aromatic rings. The Labute approximate surface area is 141 Å². The molecule has 2 N–H and O–H groups in total. The summed E-state index contributed by atoms with van der Waals surface area (Å²) < 4.78 is 17.8. The minimum absolute atomic E-state index is 0.294. The summed E-state index contributed by atoms with van der Waals surface area (Å²) >= 11 is 0. The number of aromatic nitrogens is 4. The second-order valence-electron chi connectivity index (χ2n) is 5.48. The van der Waals surface area contributed by atoms with E-state index in [0.717, 1.165) is 22.2 Å². The van der Waals surface area contributed by atoms with Crippen molar-refractivity contribution in [3.63, 3.8) is 0 Å². The molecule has 0 spiro atoms. The number of aromatic amines is 2. The number of fused-ring (bicyclic) bond motifs is 1. The number of hydrogen-bond acceptors (Lipinski definition) is 4. The van der Waals surface area contributed by atoms with Gasteiger partial charge in [-0.1, -0.05) is 0 Å². The molecule has 0 amide bonds. The maximum absolute atomic E-state index is 13.1. The van der Waals surface area contributed by atoms with Crippen LogP contribution in [0.1, 0.15) is 10.4 Å². The highest BCUT2D eigenvalue weighted by molar-refractivity contribution is 5.98. The average molecular weight is 336 g/mol. The van der Waals surface area contributed by atoms with Gasteiger partial charge in [-0.2, -0.15) is 5.10 Å². The van der Waals surface area contributed by atoms with Crippen molar-refractivity contribution in [2.75, 3.05) is 7.11 Å². The van der Waals surface area contributed by atoms with Gasteiger partial charge in [-0.25, -0.2) is 14.2 Å². The molecule has 0 aliphatic heterocycles. The van der Waals surface area contributed by atoms with E-state index in [1.165, 1.54) is 19.2 Å². The number of ether oxygens (including phenoxy) is 1. The van der Waals surface area contributed by atoms with Gasteiger partial charge >= 0.3 is 5.97 Å². The quantitative estimate of drug-likeness (QED) is 0.561. The zero-order valence-corrected chi connectivity index (χ0v) is 13.2. The zero-order valence-electron chi connectivity index (χ0n) is 13.2. The fourth-order valence-electron chi connectivity index (χ4n) is 2.66. The lowest BCUT2D eigenvalue weighted by Gasteiger charge is -2.00. The van der Waals surface area contributed by atoms with Crippen molar-refractivity contribution in [1.82, 2.24) is 20.2 Å². The van der Waals surface area contributed by atoms with E-state index in [2.05, 4.69) is 20.2 Å². The Kier molecular flexibility index (Phi) is 3.53. The number of rotatable bonds is 3. The molecule has 7 heteroatoms. The number of hydrogen-bond donors (Lipinski definition) is 2. The maximum atomic E-state index is 13.1. The third-order valence-electron chi connectivity index (χ3n) is 3.94. The first kappa shape index (κ1) is 15.1. The first-order chi connectivity index (χ1) is 12.2. The molecule has 4 rings (SSSR count). The minimum atomic E-state index is -0.416. The molecule has 0 radical (unpaired) electrons. The fraction of sp³-hybridized carbons (Fsp3) is 0.0556. The highest BCUT2D eigenvalue weighted by Gasteiger charge is 2.15. The summed E-state index contributed by atoms with van der Waals surface area (Å²) in [5.74, 6) is -0.162. The Balaban J connectivity index is 1.77. The van der Waals surface area contributed by atoms with Crippen LogP contribution >= 0.6 is 0 Å². The number of nitrogens with one attached hydrogen (secondary N) is 2. The summed E-state index contributed by atoms with van der Waals surface area (Å²) in [5, 5.41) is 7.95. The second-order valence-corrected chi connectivity index (χ2v) is 5.48. The van der Waals surface area contributed by atoms with Crippen LogP contribution < -0.4 is 0 Å². The molecule has 0 saturated heterocycles. The number of H-pyrrole nitrogens is 2. The number of methoxy groups -OCH3 is 1. The Hall–Kier alpha value is -3.48. The van der Waals surface area contributed by atoms with Gasteiger partial charge in [-0.05, 0) is 48.0 Å². The van der Waals surface area contributed by atoms with E-state index < -0.39 is 5.97 Å². The number of halogens is 1. The van der Waals surface area contributed by atoms with E-state index in [-0.39, 0.29) is 5.82 Å². The standard InChI is InChI=1S/C18H13FN4O2/c1-25-18(24)11-4-7-14-13(8-11)16(23-22-14)17-20-9-15(21-17)10-2-5-12(19)6-3-10/h2-9H,1H3,(H,20,21)(H,22,23). The van der Waals surface area contributed by atoms with Crippen LogP contribution in [0.5, 0.6) is 0 Å². The number of nitrogens with zero attached hydrogens (tertiary/aromatic N) is 2. The van der Waals surface area contributed by atoms with Gasteiger partial charge in [-0.15, -0.1) is 0 Å². The lowest BCUT2D eigenvalue weighted by Crippen LogP contribution is -2.00. The molecule has 0 atom stereocenters. The Bertz CT molecular complexity index is 1070. The molecule has 2 aromatic heterocycles. The third-order valence-corrected chi connectivity index (χ3v) is 3.94. The number of benzene rings is 2. The Morgan fingerprint density at radius 2 is 1.96 bits per heavy atom. The van der Waals surface area contributed by atoms with Crippen molar-refractivity contribution < 1.29 is 13.9 Å². The van der Waals surface area contributed by atoms with Gasteiger partial charge in [0.2, 0.25) is 0 Å². The van der Waals surface area contributed by atoms with Gasteiger partial charge in [-0.3, -0.25) is 5.10 Å². The second kappa shape index (κ2) is 5.86. The van der Waals surface area contributed by atoms with E-state index in [4.69, 9.17) is 4.74 Å². The molecule has 0 aliphatic rings. The minimum Gasteiger partial charge on any atom is -0.465 e. The van der Waals surface area contributed by atoms with Crippen molar-refractivity contribution in [1.29, 1.82) is 0 Å². The summed E-state index contributed by atoms with van der Waals surface area (Å²) in [6, 6.07) is 11.3. The number of imidazole rings is 1. The van der Waals surface area contributed by atoms with Gasteiger partial charge in [0, 0.05) is 5.39 Å². The highest BCUT2D eigenvalue weighted by atomic mass is 19.1. The zero-order chi connectivity index (χ0) is 17.4. The van der Waals surface area contributed by atoms with Crippen LogP contribution in [-0.4, -0.2) is 33.2 Å². The topological polar surface area (TPSA) is 83.7 Å². The van der Waals surface area contributed by atoms with Crippen LogP contribution in [0.2, 0.25) is 0 Å². The van der Waals surface area contributed by atoms with Gasteiger partial charge in [0.05, 0.1) is 30.1 Å². The largest absolute Gasteiger partial charge is 0.465 e. The van der Waals surface area contributed by atoms with Crippen molar-refractivity contribution >= 4 is 16.9 Å². The van der Waals surface area contributed by atoms with Gasteiger partial charge < -0.3 is 9.72 Å². The van der Waals surface area contributed by atoms with E-state index in [1.807, 2.05) is 0 Å². The maximum Gasteiger partial charge on any atom is 0.337 e. The summed E-state index contributed by atoms with van der Waals surface area (Å²) in [4.78, 5) is 19.3.